The lowest BCUT2D eigenvalue weighted by atomic mass is 10.5. The lowest BCUT2D eigenvalue weighted by molar-refractivity contribution is -0.185. The molecule has 0 aromatic carbocycles. The summed E-state index contributed by atoms with van der Waals surface area (Å²) in [5.74, 6) is -0.116. The van der Waals surface area contributed by atoms with E-state index < -0.39 is 8.25 Å². The molecule has 0 aromatic heterocycles. The monoisotopic (exact) mass is 179 g/mol. The number of hydrogen-bond acceptors (Lipinski definition) is 4. The maximum atomic E-state index is 10.5. The second-order valence-electron chi connectivity index (χ2n) is 2.00. The van der Waals surface area contributed by atoms with Gasteiger partial charge in [-0.05, 0) is 4.57 Å². The molecule has 0 spiro atoms. The Morgan fingerprint density at radius 1 is 1.73 bits per heavy atom. The molecule has 11 heavy (non-hydrogen) atoms. The number of hydrogen-bond donors (Lipinski definition) is 0. The topological polar surface area (TPSA) is 69.7 Å². The summed E-state index contributed by atoms with van der Waals surface area (Å²) in [6, 6.07) is 0. The number of amides is 1. The Balaban J connectivity index is 3.39. The Bertz CT molecular complexity index is 161. The van der Waals surface area contributed by atoms with Gasteiger partial charge in [-0.25, -0.2) is 0 Å². The molecular weight excluding hydrogens is 169 g/mol. The molecule has 0 saturated heterocycles. The van der Waals surface area contributed by atoms with Crippen molar-refractivity contribution in [3.8, 4) is 0 Å². The van der Waals surface area contributed by atoms with Gasteiger partial charge in [0.2, 0.25) is 5.91 Å². The maximum Gasteiger partial charge on any atom is 0.488 e. The average Bonchev–Trinajstić information content (AvgIpc) is 1.86. The van der Waals surface area contributed by atoms with E-state index in [0.29, 0.717) is 6.54 Å². The van der Waals surface area contributed by atoms with Crippen LogP contribution in [0, 0.1) is 0 Å². The van der Waals surface area contributed by atoms with Gasteiger partial charge in [0, 0.05) is 20.5 Å². The highest BCUT2D eigenvalue weighted by molar-refractivity contribution is 7.30. The van der Waals surface area contributed by atoms with Crippen LogP contribution in [0.25, 0.3) is 0 Å². The molecule has 1 unspecified atom stereocenters. The highest BCUT2D eigenvalue weighted by atomic mass is 31.1. The third kappa shape index (κ3) is 5.91. The molecule has 1 amide bonds. The second kappa shape index (κ2) is 5.18. The molecule has 0 fully saturated rings. The molecule has 0 rings (SSSR count). The lowest BCUT2D eigenvalue weighted by Crippen LogP contribution is -2.27. The third-order valence-corrected chi connectivity index (χ3v) is 1.55. The zero-order chi connectivity index (χ0) is 8.85. The molecule has 0 bridgehead atoms. The van der Waals surface area contributed by atoms with E-state index in [4.69, 9.17) is 0 Å². The molecule has 64 valence electrons. The first-order chi connectivity index (χ1) is 5.04. The van der Waals surface area contributed by atoms with Gasteiger partial charge in [-0.3, -0.25) is 4.79 Å². The summed E-state index contributed by atoms with van der Waals surface area (Å²) < 4.78 is 14.1. The quantitative estimate of drug-likeness (QED) is 0.545. The highest BCUT2D eigenvalue weighted by Crippen LogP contribution is 2.07. The van der Waals surface area contributed by atoms with Crippen LogP contribution < -0.4 is 4.89 Å². The molecule has 1 atom stereocenters. The Morgan fingerprint density at radius 2 is 2.27 bits per heavy atom. The summed E-state index contributed by atoms with van der Waals surface area (Å²) in [7, 11) is -1.22. The molecular formula is C5H10NO4P. The van der Waals surface area contributed by atoms with Crippen LogP contribution in [0.3, 0.4) is 0 Å². The Hall–Kier alpha value is -0.510. The zero-order valence-electron chi connectivity index (χ0n) is 6.44. The Kier molecular flexibility index (Phi) is 4.94. The predicted molar refractivity (Wildman–Crippen MR) is 36.9 cm³/mol. The lowest BCUT2D eigenvalue weighted by Gasteiger charge is -2.11. The predicted octanol–water partition coefficient (Wildman–Crippen LogP) is -0.501. The minimum Gasteiger partial charge on any atom is -0.566 e. The van der Waals surface area contributed by atoms with Crippen molar-refractivity contribution < 1.29 is 18.8 Å². The van der Waals surface area contributed by atoms with Crippen LogP contribution >= 0.6 is 8.25 Å². The molecule has 6 heteroatoms. The van der Waals surface area contributed by atoms with Gasteiger partial charge >= 0.3 is 8.25 Å². The molecule has 0 aliphatic carbocycles. The number of carbonyl (C=O) groups is 1. The van der Waals surface area contributed by atoms with Crippen molar-refractivity contribution in [2.24, 2.45) is 0 Å². The van der Waals surface area contributed by atoms with Gasteiger partial charge in [-0.2, -0.15) is 0 Å². The second-order valence-corrected chi connectivity index (χ2v) is 2.70. The Morgan fingerprint density at radius 3 is 2.64 bits per heavy atom. The van der Waals surface area contributed by atoms with Crippen molar-refractivity contribution >= 4 is 14.2 Å². The summed E-state index contributed by atoms with van der Waals surface area (Å²) >= 11 is 0. The van der Waals surface area contributed by atoms with E-state index in [1.54, 1.807) is 7.05 Å². The van der Waals surface area contributed by atoms with E-state index in [9.17, 15) is 14.3 Å². The first-order valence-corrected chi connectivity index (χ1v) is 4.12. The molecule has 0 radical (unpaired) electrons. The Labute approximate surface area is 65.9 Å². The maximum absolute atomic E-state index is 10.5. The van der Waals surface area contributed by atoms with Gasteiger partial charge in [0.25, 0.3) is 0 Å². The minimum atomic E-state index is -2.79. The van der Waals surface area contributed by atoms with Crippen LogP contribution in [0.5, 0.6) is 0 Å². The molecule has 0 saturated carbocycles. The average molecular weight is 179 g/mol. The van der Waals surface area contributed by atoms with Gasteiger partial charge in [0.15, 0.2) is 0 Å². The fourth-order valence-electron chi connectivity index (χ4n) is 0.410. The fraction of sp³-hybridized carbons (Fsp3) is 0.800. The van der Waals surface area contributed by atoms with E-state index in [1.807, 2.05) is 0 Å². The zero-order valence-corrected chi connectivity index (χ0v) is 7.34. The van der Waals surface area contributed by atoms with E-state index in [2.05, 4.69) is 4.52 Å². The van der Waals surface area contributed by atoms with Crippen molar-refractivity contribution in [1.82, 2.24) is 4.90 Å². The molecule has 0 aromatic rings. The normalized spacial score (nSPS) is 11.0. The van der Waals surface area contributed by atoms with Crippen molar-refractivity contribution in [3.63, 3.8) is 0 Å². The van der Waals surface area contributed by atoms with Crippen LogP contribution in [0.15, 0.2) is 0 Å². The first kappa shape index (κ1) is 10.5. The van der Waals surface area contributed by atoms with Crippen molar-refractivity contribution in [2.75, 3.05) is 20.2 Å². The van der Waals surface area contributed by atoms with Crippen LogP contribution in [-0.4, -0.2) is 31.0 Å². The van der Waals surface area contributed by atoms with Crippen molar-refractivity contribution in [3.05, 3.63) is 0 Å². The summed E-state index contributed by atoms with van der Waals surface area (Å²) in [5, 5.41) is 0. The third-order valence-electron chi connectivity index (χ3n) is 1.16. The highest BCUT2D eigenvalue weighted by Gasteiger charge is 2.05. The van der Waals surface area contributed by atoms with Gasteiger partial charge in [0.1, 0.15) is 6.61 Å². The van der Waals surface area contributed by atoms with E-state index in [1.165, 1.54) is 11.8 Å². The number of likely N-dealkylation sites (N-methyl/N-ethyl adjacent to an activating group) is 1. The van der Waals surface area contributed by atoms with Gasteiger partial charge in [0.05, 0.1) is 0 Å². The smallest absolute Gasteiger partial charge is 0.488 e. The van der Waals surface area contributed by atoms with Crippen LogP contribution in [0.2, 0.25) is 0 Å². The molecule has 0 aliphatic rings. The number of carbonyl (C=O) groups excluding carboxylic acids is 1. The van der Waals surface area contributed by atoms with E-state index in [0.717, 1.165) is 0 Å². The molecule has 0 aliphatic heterocycles. The van der Waals surface area contributed by atoms with Crippen molar-refractivity contribution in [2.45, 2.75) is 6.92 Å². The van der Waals surface area contributed by atoms with Crippen LogP contribution in [0.4, 0.5) is 0 Å². The van der Waals surface area contributed by atoms with Gasteiger partial charge in [-0.1, -0.05) is 0 Å². The van der Waals surface area contributed by atoms with Gasteiger partial charge in [-0.15, -0.1) is 4.52 Å². The summed E-state index contributed by atoms with van der Waals surface area (Å²) in [6.45, 7) is 1.71. The number of rotatable bonds is 4. The van der Waals surface area contributed by atoms with Crippen LogP contribution in [-0.2, 0) is 13.9 Å². The van der Waals surface area contributed by atoms with Crippen molar-refractivity contribution in [1.29, 1.82) is 0 Å². The minimum absolute atomic E-state index is 0.0226. The van der Waals surface area contributed by atoms with E-state index >= 15 is 0 Å². The van der Waals surface area contributed by atoms with Crippen LogP contribution in [0.1, 0.15) is 6.92 Å². The summed E-state index contributed by atoms with van der Waals surface area (Å²) in [4.78, 5) is 21.8. The fourth-order valence-corrected chi connectivity index (χ4v) is 0.640. The molecule has 0 N–H and O–H groups in total. The number of nitrogens with zero attached hydrogens (tertiary/aromatic N) is 1. The van der Waals surface area contributed by atoms with E-state index in [-0.39, 0.29) is 12.5 Å². The van der Waals surface area contributed by atoms with Gasteiger partial charge < -0.3 is 9.79 Å². The summed E-state index contributed by atoms with van der Waals surface area (Å²) in [6.07, 6.45) is 0. The largest absolute Gasteiger partial charge is 0.566 e. The SMILES string of the molecule is CC(=O)N(C)CCO[P+](=O)[O-]. The molecule has 0 heterocycles. The first-order valence-electron chi connectivity index (χ1n) is 3.03. The summed E-state index contributed by atoms with van der Waals surface area (Å²) in [5.41, 5.74) is 0. The standard InChI is InChI=1S/C5H10NO4P/c1-5(7)6(2)3-4-10-11(8)9/h3-4H2,1-2H3. The molecule has 5 nitrogen and oxygen atoms in total.